The zero-order valence-electron chi connectivity index (χ0n) is 9.45. The van der Waals surface area contributed by atoms with Crippen molar-refractivity contribution in [3.63, 3.8) is 0 Å². The summed E-state index contributed by atoms with van der Waals surface area (Å²) < 4.78 is 7.35. The van der Waals surface area contributed by atoms with Crippen LogP contribution in [0.4, 0.5) is 0 Å². The summed E-state index contributed by atoms with van der Waals surface area (Å²) in [5.74, 6) is 0. The highest BCUT2D eigenvalue weighted by molar-refractivity contribution is 7.71. The topological polar surface area (TPSA) is 17.8 Å². The van der Waals surface area contributed by atoms with E-state index in [0.717, 1.165) is 21.8 Å². The number of thiophene rings is 1. The maximum absolute atomic E-state index is 5.49. The Bertz CT molecular complexity index is 681. The lowest BCUT2D eigenvalue weighted by atomic mass is 10.2. The van der Waals surface area contributed by atoms with Gasteiger partial charge in [0.25, 0.3) is 0 Å². The lowest BCUT2D eigenvalue weighted by Gasteiger charge is -2.00. The van der Waals surface area contributed by atoms with Gasteiger partial charge in [0.05, 0.1) is 11.4 Å². The fourth-order valence-corrected chi connectivity index (χ4v) is 3.65. The fourth-order valence-electron chi connectivity index (χ4n) is 1.70. The normalized spacial score (nSPS) is 10.7. The molecule has 0 fully saturated rings. The molecule has 3 rings (SSSR count). The third kappa shape index (κ3) is 2.29. The highest BCUT2D eigenvalue weighted by Gasteiger charge is 2.08. The molecule has 0 N–H and O–H groups in total. The van der Waals surface area contributed by atoms with Crippen molar-refractivity contribution < 1.29 is 0 Å². The lowest BCUT2D eigenvalue weighted by Crippen LogP contribution is -1.95. The maximum atomic E-state index is 5.49. The second-order valence-electron chi connectivity index (χ2n) is 3.83. The number of benzene rings is 1. The van der Waals surface area contributed by atoms with Crippen LogP contribution in [0.3, 0.4) is 0 Å². The third-order valence-electron chi connectivity index (χ3n) is 2.58. The first-order chi connectivity index (χ1) is 8.84. The average molecular weight is 290 g/mol. The first-order valence-electron chi connectivity index (χ1n) is 5.49. The molecule has 0 aliphatic heterocycles. The molecule has 1 aromatic carbocycles. The Morgan fingerprint density at radius 2 is 1.94 bits per heavy atom. The minimum absolute atomic E-state index is 0.794. The molecule has 2 heterocycles. The van der Waals surface area contributed by atoms with Gasteiger partial charge in [-0.1, -0.05) is 48.6 Å². The summed E-state index contributed by atoms with van der Waals surface area (Å²) in [6.07, 6.45) is 0. The molecule has 3 aromatic rings. The fraction of sp³-hybridized carbons (Fsp3) is 0.0769. The molecule has 0 radical (unpaired) electrons. The van der Waals surface area contributed by atoms with E-state index in [4.69, 9.17) is 12.2 Å². The smallest absolute Gasteiger partial charge is 0.145 e. The largest absolute Gasteiger partial charge is 0.266 e. The van der Waals surface area contributed by atoms with Crippen LogP contribution in [0.15, 0.2) is 47.8 Å². The molecule has 2 aromatic heterocycles. The Hall–Kier alpha value is -1.30. The Kier molecular flexibility index (Phi) is 3.36. The number of hydrogen-bond acceptors (Lipinski definition) is 4. The van der Waals surface area contributed by atoms with Crippen LogP contribution in [0.1, 0.15) is 5.56 Å². The van der Waals surface area contributed by atoms with Crippen molar-refractivity contribution in [3.8, 4) is 10.6 Å². The van der Waals surface area contributed by atoms with Crippen molar-refractivity contribution >= 4 is 35.3 Å². The summed E-state index contributed by atoms with van der Waals surface area (Å²) in [6.45, 7) is 0.794. The molecule has 5 heteroatoms. The summed E-state index contributed by atoms with van der Waals surface area (Å²) >= 11 is 8.60. The van der Waals surface area contributed by atoms with E-state index in [2.05, 4.69) is 26.5 Å². The summed E-state index contributed by atoms with van der Waals surface area (Å²) in [4.78, 5) is 1.14. The molecule has 2 nitrogen and oxygen atoms in total. The molecule has 90 valence electrons. The van der Waals surface area contributed by atoms with Crippen LogP contribution in [0.2, 0.25) is 0 Å². The predicted octanol–water partition coefficient (Wildman–Crippen LogP) is 4.45. The van der Waals surface area contributed by atoms with Gasteiger partial charge in [-0.25, -0.2) is 0 Å². The highest BCUT2D eigenvalue weighted by atomic mass is 32.1. The van der Waals surface area contributed by atoms with Crippen molar-refractivity contribution in [2.24, 2.45) is 0 Å². The maximum Gasteiger partial charge on any atom is 0.145 e. The quantitative estimate of drug-likeness (QED) is 0.663. The van der Waals surface area contributed by atoms with Gasteiger partial charge in [0, 0.05) is 11.7 Å². The minimum Gasteiger partial charge on any atom is -0.266 e. The van der Waals surface area contributed by atoms with Crippen molar-refractivity contribution in [2.75, 3.05) is 0 Å². The zero-order valence-corrected chi connectivity index (χ0v) is 11.9. The van der Waals surface area contributed by atoms with Crippen molar-refractivity contribution in [1.29, 1.82) is 0 Å². The van der Waals surface area contributed by atoms with Crippen LogP contribution in [0.5, 0.6) is 0 Å². The van der Waals surface area contributed by atoms with E-state index >= 15 is 0 Å². The standard InChI is InChI=1S/C13H10N2S3/c16-13-12(11-7-4-8-17-11)14-18-15(13)9-10-5-2-1-3-6-10/h1-8H,9H2. The average Bonchev–Trinajstić information content (AvgIpc) is 3.02. The third-order valence-corrected chi connectivity index (χ3v) is 4.76. The van der Waals surface area contributed by atoms with E-state index in [1.54, 1.807) is 11.3 Å². The van der Waals surface area contributed by atoms with E-state index in [1.165, 1.54) is 17.3 Å². The van der Waals surface area contributed by atoms with Gasteiger partial charge in [-0.05, 0) is 17.0 Å². The van der Waals surface area contributed by atoms with E-state index in [0.29, 0.717) is 0 Å². The second kappa shape index (κ2) is 5.14. The van der Waals surface area contributed by atoms with Gasteiger partial charge in [0.2, 0.25) is 0 Å². The van der Waals surface area contributed by atoms with Gasteiger partial charge in [-0.15, -0.1) is 11.3 Å². The van der Waals surface area contributed by atoms with Crippen LogP contribution in [0, 0.1) is 4.64 Å². The Morgan fingerprint density at radius 1 is 1.11 bits per heavy atom. The number of hydrogen-bond donors (Lipinski definition) is 0. The highest BCUT2D eigenvalue weighted by Crippen LogP contribution is 2.25. The van der Waals surface area contributed by atoms with Gasteiger partial charge >= 0.3 is 0 Å². The molecule has 0 atom stereocenters. The Balaban J connectivity index is 1.94. The van der Waals surface area contributed by atoms with Crippen LogP contribution < -0.4 is 0 Å². The van der Waals surface area contributed by atoms with Gasteiger partial charge in [-0.2, -0.15) is 4.37 Å². The summed E-state index contributed by atoms with van der Waals surface area (Å²) in [5.41, 5.74) is 2.18. The van der Waals surface area contributed by atoms with Crippen molar-refractivity contribution in [3.05, 3.63) is 58.0 Å². The van der Waals surface area contributed by atoms with E-state index in [-0.39, 0.29) is 0 Å². The minimum atomic E-state index is 0.794. The molecular weight excluding hydrogens is 280 g/mol. The lowest BCUT2D eigenvalue weighted by molar-refractivity contribution is 0.871. The van der Waals surface area contributed by atoms with Crippen molar-refractivity contribution in [2.45, 2.75) is 6.54 Å². The number of aromatic nitrogens is 2. The van der Waals surface area contributed by atoms with Crippen LogP contribution in [0.25, 0.3) is 10.6 Å². The van der Waals surface area contributed by atoms with Crippen molar-refractivity contribution in [1.82, 2.24) is 8.33 Å². The zero-order chi connectivity index (χ0) is 12.4. The van der Waals surface area contributed by atoms with E-state index in [9.17, 15) is 0 Å². The number of rotatable bonds is 3. The Morgan fingerprint density at radius 3 is 2.67 bits per heavy atom. The predicted molar refractivity (Wildman–Crippen MR) is 79.8 cm³/mol. The van der Waals surface area contributed by atoms with Crippen LogP contribution in [-0.4, -0.2) is 8.33 Å². The van der Waals surface area contributed by atoms with Crippen LogP contribution in [-0.2, 0) is 6.54 Å². The monoisotopic (exact) mass is 290 g/mol. The summed E-state index contributed by atoms with van der Waals surface area (Å²) in [6, 6.07) is 14.4. The molecule has 0 saturated heterocycles. The second-order valence-corrected chi connectivity index (χ2v) is 5.95. The molecule has 0 unspecified atom stereocenters. The molecule has 0 aliphatic rings. The SMILES string of the molecule is S=c1c(-c2cccs2)nsn1Cc1ccccc1. The van der Waals surface area contributed by atoms with Gasteiger partial charge < -0.3 is 0 Å². The molecule has 0 aliphatic carbocycles. The van der Waals surface area contributed by atoms with Crippen LogP contribution >= 0.6 is 35.3 Å². The molecule has 0 spiro atoms. The van der Waals surface area contributed by atoms with Gasteiger partial charge in [-0.3, -0.25) is 3.96 Å². The molecule has 0 bridgehead atoms. The number of nitrogens with zero attached hydrogens (tertiary/aromatic N) is 2. The Labute approximate surface area is 118 Å². The first kappa shape index (κ1) is 11.8. The molecular formula is C13H10N2S3. The van der Waals surface area contributed by atoms with E-state index in [1.807, 2.05) is 29.6 Å². The molecule has 18 heavy (non-hydrogen) atoms. The van der Waals surface area contributed by atoms with Gasteiger partial charge in [0.15, 0.2) is 0 Å². The summed E-state index contributed by atoms with van der Waals surface area (Å²) in [7, 11) is 0. The van der Waals surface area contributed by atoms with Gasteiger partial charge in [0.1, 0.15) is 10.3 Å². The first-order valence-corrected chi connectivity index (χ1v) is 7.51. The van der Waals surface area contributed by atoms with E-state index < -0.39 is 0 Å². The summed E-state index contributed by atoms with van der Waals surface area (Å²) in [5, 5.41) is 2.05. The molecule has 0 amide bonds. The molecule has 0 saturated carbocycles.